The van der Waals surface area contributed by atoms with E-state index < -0.39 is 0 Å². The lowest BCUT2D eigenvalue weighted by atomic mass is 9.91. The zero-order chi connectivity index (χ0) is 16.7. The summed E-state index contributed by atoms with van der Waals surface area (Å²) in [6.07, 6.45) is 1.57. The van der Waals surface area contributed by atoms with E-state index >= 15 is 0 Å². The molecule has 4 nitrogen and oxygen atoms in total. The van der Waals surface area contributed by atoms with Crippen molar-refractivity contribution in [2.24, 2.45) is 5.92 Å². The minimum absolute atomic E-state index is 0.218. The zero-order valence-electron chi connectivity index (χ0n) is 14.7. The highest BCUT2D eigenvalue weighted by Crippen LogP contribution is 2.27. The Kier molecular flexibility index (Phi) is 7.06. The summed E-state index contributed by atoms with van der Waals surface area (Å²) in [5.74, 6) is 0.678. The number of rotatable bonds is 7. The van der Waals surface area contributed by atoms with Crippen molar-refractivity contribution in [3.63, 3.8) is 0 Å². The monoisotopic (exact) mass is 318 g/mol. The summed E-state index contributed by atoms with van der Waals surface area (Å²) < 4.78 is 5.46. The van der Waals surface area contributed by atoms with Crippen molar-refractivity contribution in [1.82, 2.24) is 4.90 Å². The van der Waals surface area contributed by atoms with E-state index in [-0.39, 0.29) is 11.9 Å². The number of para-hydroxylation sites is 1. The number of carbonyl (C=O) groups excluding carboxylic acids is 1. The first kappa shape index (κ1) is 18.0. The van der Waals surface area contributed by atoms with Gasteiger partial charge in [-0.25, -0.2) is 0 Å². The van der Waals surface area contributed by atoms with Crippen LogP contribution < -0.4 is 4.90 Å². The van der Waals surface area contributed by atoms with Gasteiger partial charge in [-0.15, -0.1) is 0 Å². The molecule has 0 saturated carbocycles. The average Bonchev–Trinajstić information content (AvgIpc) is 2.58. The first-order chi connectivity index (χ1) is 11.2. The van der Waals surface area contributed by atoms with E-state index in [0.717, 1.165) is 45.0 Å². The van der Waals surface area contributed by atoms with Crippen LogP contribution in [0.1, 0.15) is 33.6 Å². The second-order valence-electron chi connectivity index (χ2n) is 6.28. The number of piperidine rings is 1. The van der Waals surface area contributed by atoms with Crippen LogP contribution in [0.5, 0.6) is 0 Å². The molecule has 1 aromatic rings. The van der Waals surface area contributed by atoms with Gasteiger partial charge in [-0.05, 0) is 31.4 Å². The van der Waals surface area contributed by atoms with Crippen LogP contribution in [0.3, 0.4) is 0 Å². The summed E-state index contributed by atoms with van der Waals surface area (Å²) in [4.78, 5) is 17.0. The Bertz CT molecular complexity index is 478. The molecule has 0 N–H and O–H groups in total. The Labute approximate surface area is 140 Å². The van der Waals surface area contributed by atoms with E-state index in [1.54, 1.807) is 0 Å². The second kappa shape index (κ2) is 9.04. The van der Waals surface area contributed by atoms with Gasteiger partial charge in [0.15, 0.2) is 0 Å². The Balaban J connectivity index is 2.05. The SMILES string of the molecule is CCOCCN1CCC(N(C(=O)CC)c2ccccc2)C(C)C1. The molecule has 1 fully saturated rings. The summed E-state index contributed by atoms with van der Waals surface area (Å²) in [5, 5.41) is 0. The summed E-state index contributed by atoms with van der Waals surface area (Å²) in [5.41, 5.74) is 1.03. The van der Waals surface area contributed by atoms with Crippen molar-refractivity contribution in [1.29, 1.82) is 0 Å². The van der Waals surface area contributed by atoms with Crippen LogP contribution in [0.15, 0.2) is 30.3 Å². The van der Waals surface area contributed by atoms with E-state index in [9.17, 15) is 4.79 Å². The third-order valence-corrected chi connectivity index (χ3v) is 4.64. The van der Waals surface area contributed by atoms with Gasteiger partial charge >= 0.3 is 0 Å². The van der Waals surface area contributed by atoms with Crippen LogP contribution in [-0.2, 0) is 9.53 Å². The first-order valence-corrected chi connectivity index (χ1v) is 8.84. The molecule has 1 amide bonds. The van der Waals surface area contributed by atoms with Crippen LogP contribution >= 0.6 is 0 Å². The fourth-order valence-electron chi connectivity index (χ4n) is 3.42. The van der Waals surface area contributed by atoms with Crippen molar-refractivity contribution in [3.05, 3.63) is 30.3 Å². The Hall–Kier alpha value is -1.39. The molecule has 1 aliphatic rings. The van der Waals surface area contributed by atoms with Crippen LogP contribution in [0.4, 0.5) is 5.69 Å². The average molecular weight is 318 g/mol. The van der Waals surface area contributed by atoms with E-state index in [0.29, 0.717) is 12.3 Å². The van der Waals surface area contributed by atoms with Crippen molar-refractivity contribution < 1.29 is 9.53 Å². The molecule has 0 spiro atoms. The van der Waals surface area contributed by atoms with Crippen LogP contribution in [0, 0.1) is 5.92 Å². The second-order valence-corrected chi connectivity index (χ2v) is 6.28. The first-order valence-electron chi connectivity index (χ1n) is 8.84. The summed E-state index contributed by atoms with van der Waals surface area (Å²) in [6.45, 7) is 10.8. The molecular weight excluding hydrogens is 288 g/mol. The molecule has 0 aromatic heterocycles. The molecule has 0 radical (unpaired) electrons. The molecule has 128 valence electrons. The quantitative estimate of drug-likeness (QED) is 0.724. The molecule has 1 saturated heterocycles. The highest BCUT2D eigenvalue weighted by molar-refractivity contribution is 5.93. The van der Waals surface area contributed by atoms with E-state index in [1.807, 2.05) is 49.1 Å². The fourth-order valence-corrected chi connectivity index (χ4v) is 3.42. The van der Waals surface area contributed by atoms with Crippen LogP contribution in [-0.4, -0.2) is 49.7 Å². The number of likely N-dealkylation sites (tertiary alicyclic amines) is 1. The molecular formula is C19H30N2O2. The molecule has 23 heavy (non-hydrogen) atoms. The largest absolute Gasteiger partial charge is 0.380 e. The Morgan fingerprint density at radius 3 is 2.65 bits per heavy atom. The third kappa shape index (κ3) is 4.79. The number of nitrogens with zero attached hydrogens (tertiary/aromatic N) is 2. The summed E-state index contributed by atoms with van der Waals surface area (Å²) >= 11 is 0. The lowest BCUT2D eigenvalue weighted by Crippen LogP contribution is -2.52. The smallest absolute Gasteiger partial charge is 0.226 e. The standard InChI is InChI=1S/C19H30N2O2/c1-4-19(22)21(17-9-7-6-8-10-17)18-11-12-20(15-16(18)3)13-14-23-5-2/h6-10,16,18H,4-5,11-15H2,1-3H3. The molecule has 1 aliphatic heterocycles. The molecule has 2 atom stereocenters. The van der Waals surface area contributed by atoms with Gasteiger partial charge in [0.05, 0.1) is 6.61 Å². The van der Waals surface area contributed by atoms with Gasteiger partial charge in [0, 0.05) is 44.4 Å². The number of ether oxygens (including phenoxy) is 1. The fraction of sp³-hybridized carbons (Fsp3) is 0.632. The Morgan fingerprint density at radius 2 is 2.04 bits per heavy atom. The van der Waals surface area contributed by atoms with Crippen LogP contribution in [0.2, 0.25) is 0 Å². The minimum Gasteiger partial charge on any atom is -0.380 e. The number of amides is 1. The van der Waals surface area contributed by atoms with Crippen molar-refractivity contribution in [2.45, 2.75) is 39.7 Å². The number of hydrogen-bond donors (Lipinski definition) is 0. The molecule has 1 heterocycles. The van der Waals surface area contributed by atoms with Gasteiger partial charge in [0.25, 0.3) is 0 Å². The van der Waals surface area contributed by atoms with Gasteiger partial charge < -0.3 is 14.5 Å². The number of hydrogen-bond acceptors (Lipinski definition) is 3. The van der Waals surface area contributed by atoms with Gasteiger partial charge in [-0.1, -0.05) is 32.0 Å². The lowest BCUT2D eigenvalue weighted by molar-refractivity contribution is -0.119. The maximum atomic E-state index is 12.5. The zero-order valence-corrected chi connectivity index (χ0v) is 14.7. The number of carbonyl (C=O) groups is 1. The highest BCUT2D eigenvalue weighted by Gasteiger charge is 2.33. The molecule has 2 rings (SSSR count). The molecule has 1 aromatic carbocycles. The third-order valence-electron chi connectivity index (χ3n) is 4.64. The maximum Gasteiger partial charge on any atom is 0.226 e. The minimum atomic E-state index is 0.218. The number of benzene rings is 1. The van der Waals surface area contributed by atoms with Crippen molar-refractivity contribution >= 4 is 11.6 Å². The Morgan fingerprint density at radius 1 is 1.30 bits per heavy atom. The van der Waals surface area contributed by atoms with E-state index in [2.05, 4.69) is 11.8 Å². The van der Waals surface area contributed by atoms with Gasteiger partial charge in [-0.3, -0.25) is 4.79 Å². The van der Waals surface area contributed by atoms with Gasteiger partial charge in [0.1, 0.15) is 0 Å². The number of anilines is 1. The topological polar surface area (TPSA) is 32.8 Å². The maximum absolute atomic E-state index is 12.5. The summed E-state index contributed by atoms with van der Waals surface area (Å²) in [7, 11) is 0. The van der Waals surface area contributed by atoms with Gasteiger partial charge in [0.2, 0.25) is 5.91 Å². The van der Waals surface area contributed by atoms with Crippen molar-refractivity contribution in [2.75, 3.05) is 37.7 Å². The van der Waals surface area contributed by atoms with Crippen LogP contribution in [0.25, 0.3) is 0 Å². The van der Waals surface area contributed by atoms with E-state index in [4.69, 9.17) is 4.74 Å². The lowest BCUT2D eigenvalue weighted by Gasteiger charge is -2.42. The van der Waals surface area contributed by atoms with E-state index in [1.165, 1.54) is 0 Å². The molecule has 2 unspecified atom stereocenters. The van der Waals surface area contributed by atoms with Gasteiger partial charge in [-0.2, -0.15) is 0 Å². The molecule has 4 heteroatoms. The molecule has 0 bridgehead atoms. The highest BCUT2D eigenvalue weighted by atomic mass is 16.5. The summed E-state index contributed by atoms with van der Waals surface area (Å²) in [6, 6.07) is 10.4. The predicted octanol–water partition coefficient (Wildman–Crippen LogP) is 3.18. The van der Waals surface area contributed by atoms with Crippen molar-refractivity contribution in [3.8, 4) is 0 Å². The predicted molar refractivity (Wildman–Crippen MR) is 94.7 cm³/mol. The normalized spacial score (nSPS) is 22.0. The molecule has 0 aliphatic carbocycles.